The molecule has 0 atom stereocenters. The second-order valence-corrected chi connectivity index (χ2v) is 5.28. The molecule has 0 amide bonds. The van der Waals surface area contributed by atoms with E-state index in [9.17, 15) is 14.9 Å². The largest absolute Gasteiger partial charge is 0.481 e. The van der Waals surface area contributed by atoms with Gasteiger partial charge in [0, 0.05) is 28.6 Å². The van der Waals surface area contributed by atoms with Crippen LogP contribution in [-0.4, -0.2) is 22.8 Å². The SMILES string of the molecule is COc1nc2ccccc2cc1C=CC(=O)c1cccc([N+](=O)[O-])c1. The number of nitro benzene ring substituents is 1. The third-order valence-corrected chi connectivity index (χ3v) is 3.67. The zero-order valence-electron chi connectivity index (χ0n) is 13.4. The van der Waals surface area contributed by atoms with Gasteiger partial charge in [-0.3, -0.25) is 14.9 Å². The highest BCUT2D eigenvalue weighted by Crippen LogP contribution is 2.23. The second kappa shape index (κ2) is 6.92. The standard InChI is InChI=1S/C19H14N2O4/c1-25-19-15(11-13-5-2-3-8-17(13)20-19)9-10-18(22)14-6-4-7-16(12-14)21(23)24/h2-12H,1H3. The van der Waals surface area contributed by atoms with Crippen molar-refractivity contribution >= 4 is 28.4 Å². The highest BCUT2D eigenvalue weighted by atomic mass is 16.6. The van der Waals surface area contributed by atoms with E-state index in [4.69, 9.17) is 4.74 Å². The number of benzene rings is 2. The minimum atomic E-state index is -0.531. The summed E-state index contributed by atoms with van der Waals surface area (Å²) >= 11 is 0. The lowest BCUT2D eigenvalue weighted by Gasteiger charge is -2.06. The van der Waals surface area contributed by atoms with Crippen LogP contribution in [0.3, 0.4) is 0 Å². The van der Waals surface area contributed by atoms with Crippen molar-refractivity contribution in [2.75, 3.05) is 7.11 Å². The van der Waals surface area contributed by atoms with E-state index in [1.54, 1.807) is 6.08 Å². The van der Waals surface area contributed by atoms with E-state index in [1.165, 1.54) is 37.5 Å². The van der Waals surface area contributed by atoms with Gasteiger partial charge in [-0.2, -0.15) is 0 Å². The van der Waals surface area contributed by atoms with Gasteiger partial charge in [0.2, 0.25) is 5.88 Å². The van der Waals surface area contributed by atoms with E-state index in [1.807, 2.05) is 30.3 Å². The lowest BCUT2D eigenvalue weighted by molar-refractivity contribution is -0.384. The fourth-order valence-electron chi connectivity index (χ4n) is 2.43. The van der Waals surface area contributed by atoms with Crippen molar-refractivity contribution in [1.29, 1.82) is 0 Å². The average molecular weight is 334 g/mol. The van der Waals surface area contributed by atoms with Gasteiger partial charge in [-0.15, -0.1) is 0 Å². The Hall–Kier alpha value is -3.54. The fraction of sp³-hybridized carbons (Fsp3) is 0.0526. The van der Waals surface area contributed by atoms with Crippen molar-refractivity contribution in [2.45, 2.75) is 0 Å². The van der Waals surface area contributed by atoms with Crippen molar-refractivity contribution in [2.24, 2.45) is 0 Å². The number of fused-ring (bicyclic) bond motifs is 1. The normalized spacial score (nSPS) is 10.9. The Morgan fingerprint density at radius 1 is 1.16 bits per heavy atom. The summed E-state index contributed by atoms with van der Waals surface area (Å²) in [7, 11) is 1.51. The van der Waals surface area contributed by atoms with E-state index in [2.05, 4.69) is 4.98 Å². The van der Waals surface area contributed by atoms with Gasteiger partial charge in [-0.25, -0.2) is 4.98 Å². The van der Waals surface area contributed by atoms with Crippen LogP contribution in [-0.2, 0) is 0 Å². The number of carbonyl (C=O) groups is 1. The molecule has 124 valence electrons. The predicted molar refractivity (Wildman–Crippen MR) is 94.8 cm³/mol. The van der Waals surface area contributed by atoms with Crippen molar-refractivity contribution in [3.63, 3.8) is 0 Å². The summed E-state index contributed by atoms with van der Waals surface area (Å²) in [6, 6.07) is 15.1. The molecule has 0 radical (unpaired) electrons. The molecule has 0 aliphatic rings. The number of non-ortho nitro benzene ring substituents is 1. The maximum absolute atomic E-state index is 12.3. The first kappa shape index (κ1) is 16.3. The first-order chi connectivity index (χ1) is 12.1. The number of carbonyl (C=O) groups excluding carboxylic acids is 1. The molecule has 0 unspecified atom stereocenters. The number of para-hydroxylation sites is 1. The Morgan fingerprint density at radius 3 is 2.72 bits per heavy atom. The summed E-state index contributed by atoms with van der Waals surface area (Å²) in [6.07, 6.45) is 2.95. The highest BCUT2D eigenvalue weighted by molar-refractivity contribution is 6.07. The molecule has 0 spiro atoms. The van der Waals surface area contributed by atoms with Gasteiger partial charge in [0.05, 0.1) is 17.5 Å². The van der Waals surface area contributed by atoms with Crippen molar-refractivity contribution in [3.8, 4) is 5.88 Å². The van der Waals surface area contributed by atoms with Gasteiger partial charge < -0.3 is 4.74 Å². The van der Waals surface area contributed by atoms with Crippen LogP contribution in [0.2, 0.25) is 0 Å². The Bertz CT molecular complexity index is 996. The minimum absolute atomic E-state index is 0.121. The number of hydrogen-bond acceptors (Lipinski definition) is 5. The maximum Gasteiger partial charge on any atom is 0.270 e. The fourth-order valence-corrected chi connectivity index (χ4v) is 2.43. The highest BCUT2D eigenvalue weighted by Gasteiger charge is 2.10. The number of nitro groups is 1. The maximum atomic E-state index is 12.3. The molecule has 0 aliphatic carbocycles. The van der Waals surface area contributed by atoms with Crippen LogP contribution >= 0.6 is 0 Å². The zero-order chi connectivity index (χ0) is 17.8. The number of rotatable bonds is 5. The van der Waals surface area contributed by atoms with Crippen LogP contribution in [0.5, 0.6) is 5.88 Å². The number of methoxy groups -OCH3 is 1. The number of pyridine rings is 1. The smallest absolute Gasteiger partial charge is 0.270 e. The number of nitrogens with zero attached hydrogens (tertiary/aromatic N) is 2. The quantitative estimate of drug-likeness (QED) is 0.304. The summed E-state index contributed by atoms with van der Waals surface area (Å²) in [6.45, 7) is 0. The Balaban J connectivity index is 1.93. The van der Waals surface area contributed by atoms with E-state index >= 15 is 0 Å². The molecule has 0 N–H and O–H groups in total. The molecule has 0 aliphatic heterocycles. The number of allylic oxidation sites excluding steroid dienone is 1. The topological polar surface area (TPSA) is 82.3 Å². The molecule has 3 aromatic rings. The molecule has 1 aromatic heterocycles. The lowest BCUT2D eigenvalue weighted by atomic mass is 10.1. The summed E-state index contributed by atoms with van der Waals surface area (Å²) in [5, 5.41) is 11.7. The number of ether oxygens (including phenoxy) is 1. The van der Waals surface area contributed by atoms with Crippen molar-refractivity contribution < 1.29 is 14.5 Å². The molecule has 3 rings (SSSR count). The van der Waals surface area contributed by atoms with E-state index in [0.717, 1.165) is 10.9 Å². The van der Waals surface area contributed by atoms with Crippen LogP contribution < -0.4 is 4.74 Å². The summed E-state index contributed by atoms with van der Waals surface area (Å²) in [5.74, 6) is 0.0701. The lowest BCUT2D eigenvalue weighted by Crippen LogP contribution is -1.97. The first-order valence-electron chi connectivity index (χ1n) is 7.49. The molecule has 2 aromatic carbocycles. The molecular formula is C19H14N2O4. The Kier molecular flexibility index (Phi) is 4.52. The molecule has 6 heteroatoms. The van der Waals surface area contributed by atoms with E-state index in [0.29, 0.717) is 11.4 Å². The van der Waals surface area contributed by atoms with Crippen LogP contribution in [0.15, 0.2) is 60.7 Å². The number of hydrogen-bond donors (Lipinski definition) is 0. The number of ketones is 1. The molecule has 0 saturated carbocycles. The van der Waals surface area contributed by atoms with Gasteiger partial charge >= 0.3 is 0 Å². The average Bonchev–Trinajstić information content (AvgIpc) is 2.65. The monoisotopic (exact) mass is 334 g/mol. The van der Waals surface area contributed by atoms with Gasteiger partial charge in [0.25, 0.3) is 5.69 Å². The molecule has 0 bridgehead atoms. The van der Waals surface area contributed by atoms with Gasteiger partial charge in [-0.05, 0) is 24.3 Å². The Morgan fingerprint density at radius 2 is 1.96 bits per heavy atom. The van der Waals surface area contributed by atoms with E-state index < -0.39 is 4.92 Å². The molecule has 0 saturated heterocycles. The third-order valence-electron chi connectivity index (χ3n) is 3.67. The van der Waals surface area contributed by atoms with Crippen LogP contribution in [0.1, 0.15) is 15.9 Å². The molecule has 25 heavy (non-hydrogen) atoms. The molecular weight excluding hydrogens is 320 g/mol. The predicted octanol–water partition coefficient (Wildman–Crippen LogP) is 4.05. The van der Waals surface area contributed by atoms with Crippen LogP contribution in [0.25, 0.3) is 17.0 Å². The second-order valence-electron chi connectivity index (χ2n) is 5.28. The van der Waals surface area contributed by atoms with Gasteiger partial charge in [-0.1, -0.05) is 30.3 Å². The zero-order valence-corrected chi connectivity index (χ0v) is 13.4. The molecule has 6 nitrogen and oxygen atoms in total. The van der Waals surface area contributed by atoms with Crippen molar-refractivity contribution in [3.05, 3.63) is 81.9 Å². The minimum Gasteiger partial charge on any atom is -0.481 e. The van der Waals surface area contributed by atoms with Crippen molar-refractivity contribution in [1.82, 2.24) is 4.98 Å². The third kappa shape index (κ3) is 3.53. The van der Waals surface area contributed by atoms with E-state index in [-0.39, 0.29) is 17.0 Å². The first-order valence-corrected chi connectivity index (χ1v) is 7.49. The van der Waals surface area contributed by atoms with Gasteiger partial charge in [0.1, 0.15) is 0 Å². The summed E-state index contributed by atoms with van der Waals surface area (Å²) in [4.78, 5) is 27.0. The van der Waals surface area contributed by atoms with Gasteiger partial charge in [0.15, 0.2) is 5.78 Å². The van der Waals surface area contributed by atoms with Crippen LogP contribution in [0.4, 0.5) is 5.69 Å². The van der Waals surface area contributed by atoms with Crippen LogP contribution in [0, 0.1) is 10.1 Å². The Labute approximate surface area is 143 Å². The number of aromatic nitrogens is 1. The molecule has 0 fully saturated rings. The summed E-state index contributed by atoms with van der Waals surface area (Å²) in [5.41, 5.74) is 1.57. The molecule has 1 heterocycles. The summed E-state index contributed by atoms with van der Waals surface area (Å²) < 4.78 is 5.28.